The van der Waals surface area contributed by atoms with Crippen molar-refractivity contribution in [2.45, 2.75) is 33.2 Å². The van der Waals surface area contributed by atoms with E-state index >= 15 is 0 Å². The Hall–Kier alpha value is -0.360. The Labute approximate surface area is 130 Å². The molecule has 110 valence electrons. The van der Waals surface area contributed by atoms with E-state index in [1.54, 1.807) is 11.3 Å². The van der Waals surface area contributed by atoms with Crippen molar-refractivity contribution in [3.8, 4) is 0 Å². The zero-order chi connectivity index (χ0) is 12.3. The van der Waals surface area contributed by atoms with Crippen LogP contribution in [0.25, 0.3) is 0 Å². The summed E-state index contributed by atoms with van der Waals surface area (Å²) in [5, 5.41) is 7.34. The SMILES string of the molecule is Cc1ncc(CNC(=O)C2(C)CCCNC2)s1.Cl.Cl. The summed E-state index contributed by atoms with van der Waals surface area (Å²) in [6, 6.07) is 0. The predicted molar refractivity (Wildman–Crippen MR) is 83.4 cm³/mol. The molecule has 1 atom stereocenters. The zero-order valence-corrected chi connectivity index (χ0v) is 13.6. The molecular weight excluding hydrogens is 305 g/mol. The number of hydrogen-bond donors (Lipinski definition) is 2. The Kier molecular flexibility index (Phi) is 7.89. The van der Waals surface area contributed by atoms with Crippen molar-refractivity contribution < 1.29 is 4.79 Å². The van der Waals surface area contributed by atoms with Gasteiger partial charge in [-0.05, 0) is 33.2 Å². The zero-order valence-electron chi connectivity index (χ0n) is 11.2. The van der Waals surface area contributed by atoms with Gasteiger partial charge in [0, 0.05) is 17.6 Å². The van der Waals surface area contributed by atoms with E-state index in [2.05, 4.69) is 15.6 Å². The Bertz CT molecular complexity index is 405. The monoisotopic (exact) mass is 325 g/mol. The van der Waals surface area contributed by atoms with E-state index in [0.29, 0.717) is 6.54 Å². The van der Waals surface area contributed by atoms with E-state index in [-0.39, 0.29) is 36.1 Å². The Balaban J connectivity index is 0.00000162. The first-order chi connectivity index (χ1) is 8.10. The van der Waals surface area contributed by atoms with Gasteiger partial charge in [0.2, 0.25) is 5.91 Å². The van der Waals surface area contributed by atoms with Crippen LogP contribution in [0.5, 0.6) is 0 Å². The molecule has 0 aliphatic carbocycles. The molecule has 1 saturated heterocycles. The Morgan fingerprint density at radius 3 is 2.84 bits per heavy atom. The number of carbonyl (C=O) groups excluding carboxylic acids is 1. The molecular formula is C12H21Cl2N3OS. The van der Waals surface area contributed by atoms with E-state index in [0.717, 1.165) is 35.8 Å². The number of nitrogens with zero attached hydrogens (tertiary/aromatic N) is 1. The molecule has 1 aromatic heterocycles. The lowest BCUT2D eigenvalue weighted by atomic mass is 9.82. The lowest BCUT2D eigenvalue weighted by Crippen LogP contribution is -2.48. The summed E-state index contributed by atoms with van der Waals surface area (Å²) in [6.07, 6.45) is 3.87. The van der Waals surface area contributed by atoms with Crippen molar-refractivity contribution in [2.24, 2.45) is 5.41 Å². The van der Waals surface area contributed by atoms with Crippen molar-refractivity contribution in [1.29, 1.82) is 0 Å². The molecule has 2 heterocycles. The molecule has 4 nitrogen and oxygen atoms in total. The quantitative estimate of drug-likeness (QED) is 0.896. The number of carbonyl (C=O) groups is 1. The summed E-state index contributed by atoms with van der Waals surface area (Å²) in [7, 11) is 0. The van der Waals surface area contributed by atoms with Gasteiger partial charge < -0.3 is 10.6 Å². The fraction of sp³-hybridized carbons (Fsp3) is 0.667. The molecule has 0 saturated carbocycles. The minimum Gasteiger partial charge on any atom is -0.351 e. The van der Waals surface area contributed by atoms with Crippen LogP contribution in [-0.2, 0) is 11.3 Å². The molecule has 0 radical (unpaired) electrons. The van der Waals surface area contributed by atoms with E-state index in [1.807, 2.05) is 20.0 Å². The molecule has 1 aliphatic heterocycles. The maximum absolute atomic E-state index is 12.1. The molecule has 7 heteroatoms. The van der Waals surface area contributed by atoms with E-state index in [4.69, 9.17) is 0 Å². The average Bonchev–Trinajstić information content (AvgIpc) is 2.73. The van der Waals surface area contributed by atoms with E-state index in [9.17, 15) is 4.79 Å². The minimum absolute atomic E-state index is 0. The van der Waals surface area contributed by atoms with Gasteiger partial charge in [0.05, 0.1) is 17.0 Å². The second-order valence-corrected chi connectivity index (χ2v) is 6.19. The summed E-state index contributed by atoms with van der Waals surface area (Å²) in [4.78, 5) is 17.4. The molecule has 1 amide bonds. The Morgan fingerprint density at radius 1 is 1.58 bits per heavy atom. The number of hydrogen-bond acceptors (Lipinski definition) is 4. The highest BCUT2D eigenvalue weighted by atomic mass is 35.5. The molecule has 0 bridgehead atoms. The molecule has 2 rings (SSSR count). The normalized spacial score (nSPS) is 22.0. The molecule has 1 unspecified atom stereocenters. The van der Waals surface area contributed by atoms with Crippen LogP contribution in [0.15, 0.2) is 6.20 Å². The number of thiazole rings is 1. The Morgan fingerprint density at radius 2 is 2.32 bits per heavy atom. The highest BCUT2D eigenvalue weighted by Crippen LogP contribution is 2.25. The van der Waals surface area contributed by atoms with Crippen molar-refractivity contribution in [2.75, 3.05) is 13.1 Å². The molecule has 0 spiro atoms. The van der Waals surface area contributed by atoms with Crippen LogP contribution in [0, 0.1) is 12.3 Å². The number of aryl methyl sites for hydroxylation is 1. The van der Waals surface area contributed by atoms with Gasteiger partial charge in [0.25, 0.3) is 0 Å². The average molecular weight is 326 g/mol. The largest absolute Gasteiger partial charge is 0.351 e. The minimum atomic E-state index is -0.252. The van der Waals surface area contributed by atoms with Gasteiger partial charge in [0.15, 0.2) is 0 Å². The number of piperidine rings is 1. The van der Waals surface area contributed by atoms with Crippen LogP contribution < -0.4 is 10.6 Å². The van der Waals surface area contributed by atoms with Gasteiger partial charge in [-0.25, -0.2) is 4.98 Å². The van der Waals surface area contributed by atoms with Crippen LogP contribution in [0.3, 0.4) is 0 Å². The summed E-state index contributed by atoms with van der Waals surface area (Å²) >= 11 is 1.63. The smallest absolute Gasteiger partial charge is 0.227 e. The highest BCUT2D eigenvalue weighted by Gasteiger charge is 2.34. The topological polar surface area (TPSA) is 54.0 Å². The molecule has 1 aromatic rings. The molecule has 0 aromatic carbocycles. The van der Waals surface area contributed by atoms with Gasteiger partial charge in [-0.15, -0.1) is 36.2 Å². The maximum atomic E-state index is 12.1. The fourth-order valence-corrected chi connectivity index (χ4v) is 2.85. The first kappa shape index (κ1) is 18.6. The van der Waals surface area contributed by atoms with Gasteiger partial charge in [-0.2, -0.15) is 0 Å². The van der Waals surface area contributed by atoms with E-state index < -0.39 is 0 Å². The second kappa shape index (κ2) is 8.04. The summed E-state index contributed by atoms with van der Waals surface area (Å²) in [5.41, 5.74) is -0.252. The molecule has 19 heavy (non-hydrogen) atoms. The van der Waals surface area contributed by atoms with E-state index in [1.165, 1.54) is 0 Å². The lowest BCUT2D eigenvalue weighted by Gasteiger charge is -2.32. The highest BCUT2D eigenvalue weighted by molar-refractivity contribution is 7.11. The number of halogens is 2. The fourth-order valence-electron chi connectivity index (χ4n) is 2.12. The van der Waals surface area contributed by atoms with Crippen molar-refractivity contribution in [3.63, 3.8) is 0 Å². The first-order valence-electron chi connectivity index (χ1n) is 6.00. The summed E-state index contributed by atoms with van der Waals surface area (Å²) in [5.74, 6) is 0.149. The number of amides is 1. The number of rotatable bonds is 3. The maximum Gasteiger partial charge on any atom is 0.227 e. The van der Waals surface area contributed by atoms with Crippen molar-refractivity contribution in [1.82, 2.24) is 15.6 Å². The third-order valence-electron chi connectivity index (χ3n) is 3.24. The molecule has 1 fully saturated rings. The van der Waals surface area contributed by atoms with Gasteiger partial charge in [-0.1, -0.05) is 0 Å². The van der Waals surface area contributed by atoms with Crippen LogP contribution in [0.1, 0.15) is 29.7 Å². The van der Waals surface area contributed by atoms with Crippen LogP contribution in [0.4, 0.5) is 0 Å². The standard InChI is InChI=1S/C12H19N3OS.2ClH/c1-9-14-6-10(17-9)7-15-11(16)12(2)4-3-5-13-8-12;;/h6,13H,3-5,7-8H2,1-2H3,(H,15,16);2*1H. The van der Waals surface area contributed by atoms with Gasteiger partial charge >= 0.3 is 0 Å². The molecule has 2 N–H and O–H groups in total. The first-order valence-corrected chi connectivity index (χ1v) is 6.82. The summed E-state index contributed by atoms with van der Waals surface area (Å²) in [6.45, 7) is 6.41. The van der Waals surface area contributed by atoms with Crippen LogP contribution in [-0.4, -0.2) is 24.0 Å². The lowest BCUT2D eigenvalue weighted by molar-refractivity contribution is -0.131. The molecule has 1 aliphatic rings. The third kappa shape index (κ3) is 4.91. The van der Waals surface area contributed by atoms with Gasteiger partial charge in [0.1, 0.15) is 0 Å². The van der Waals surface area contributed by atoms with Crippen LogP contribution in [0.2, 0.25) is 0 Å². The van der Waals surface area contributed by atoms with Crippen molar-refractivity contribution >= 4 is 42.1 Å². The second-order valence-electron chi connectivity index (χ2n) is 4.87. The number of aromatic nitrogens is 1. The predicted octanol–water partition coefficient (Wildman–Crippen LogP) is 2.30. The van der Waals surface area contributed by atoms with Crippen molar-refractivity contribution in [3.05, 3.63) is 16.1 Å². The van der Waals surface area contributed by atoms with Crippen LogP contribution >= 0.6 is 36.2 Å². The number of nitrogens with one attached hydrogen (secondary N) is 2. The summed E-state index contributed by atoms with van der Waals surface area (Å²) < 4.78 is 0. The third-order valence-corrected chi connectivity index (χ3v) is 4.15. The van der Waals surface area contributed by atoms with Gasteiger partial charge in [-0.3, -0.25) is 4.79 Å².